The van der Waals surface area contributed by atoms with E-state index >= 15 is 0 Å². The SMILES string of the molecule is CC(C)(C)C(=O)OCC1C2CC3C(=O)OC1C3C2.CC(C)(C)C(=O)OCC1C2CC3C1OS(=O)(=O)C3C2.CC(C)(C)C(F)(F)OCC(COC(=O)C1CCCCC1)OC(=O)C1CCCCC1.CC(C)(C)C(F)(F)OCC(O)COC(=O)C1CCCCC1.CC(C)(C)C(F)(F)OCC12CC3CC(C1)C(=O)C(C3)C2.CC(C)(C)C(F)(F)OCC12CC3CC(C1)C(O)C(C3)C2.CC(C)(C)C(F)(F)OCC12CC3CC(CC(O)(C3)C1)C2. The van der Waals surface area contributed by atoms with Crippen molar-refractivity contribution in [3.8, 4) is 0 Å². The third-order valence-electron chi connectivity index (χ3n) is 35.8. The molecular formula is C112H178F10O24S. The number of esters is 6. The molecule has 0 aromatic carbocycles. The van der Waals surface area contributed by atoms with Gasteiger partial charge in [0, 0.05) is 35.5 Å². The van der Waals surface area contributed by atoms with Crippen LogP contribution in [0, 0.1) is 161 Å². The van der Waals surface area contributed by atoms with Crippen molar-refractivity contribution in [2.24, 2.45) is 161 Å². The van der Waals surface area contributed by atoms with Gasteiger partial charge in [0.25, 0.3) is 10.1 Å². The Morgan fingerprint density at radius 1 is 0.395 bits per heavy atom. The highest BCUT2D eigenvalue weighted by Gasteiger charge is 2.67. The van der Waals surface area contributed by atoms with Crippen LogP contribution in [0.1, 0.15) is 370 Å². The topological polar surface area (TPSA) is 325 Å². The summed E-state index contributed by atoms with van der Waals surface area (Å²) in [5.41, 5.74) is -8.39. The first-order chi connectivity index (χ1) is 67.6. The number of carbonyl (C=O) groups is 7. The minimum Gasteiger partial charge on any atom is -0.465 e. The Morgan fingerprint density at radius 2 is 0.769 bits per heavy atom. The summed E-state index contributed by atoms with van der Waals surface area (Å²) < 4.78 is 225. The second-order valence-corrected chi connectivity index (χ2v) is 57.4. The molecule has 846 valence electrons. The summed E-state index contributed by atoms with van der Waals surface area (Å²) in [7, 11) is -3.37. The molecule has 0 amide bonds. The van der Waals surface area contributed by atoms with Gasteiger partial charge in [0.05, 0.1) is 131 Å². The largest absolute Gasteiger partial charge is 0.465 e. The number of fused-ring (bicyclic) bond motifs is 2. The van der Waals surface area contributed by atoms with Gasteiger partial charge in [0.2, 0.25) is 0 Å². The third kappa shape index (κ3) is 29.6. The molecule has 19 saturated carbocycles. The zero-order valence-corrected chi connectivity index (χ0v) is 92.4. The lowest BCUT2D eigenvalue weighted by Gasteiger charge is -2.60. The van der Waals surface area contributed by atoms with Gasteiger partial charge >= 0.3 is 66.4 Å². The van der Waals surface area contributed by atoms with Gasteiger partial charge in [-0.05, 0) is 272 Å². The zero-order valence-electron chi connectivity index (χ0n) is 91.6. The number of ketones is 1. The normalized spacial score (nSPS) is 34.9. The predicted molar refractivity (Wildman–Crippen MR) is 526 cm³/mol. The van der Waals surface area contributed by atoms with E-state index in [1.807, 2.05) is 41.5 Å². The van der Waals surface area contributed by atoms with E-state index in [4.69, 9.17) is 51.6 Å². The van der Waals surface area contributed by atoms with Crippen LogP contribution >= 0.6 is 0 Å². The highest BCUT2D eigenvalue weighted by Crippen LogP contribution is 2.66. The first kappa shape index (κ1) is 121. The quantitative estimate of drug-likeness (QED) is 0.0298. The zero-order chi connectivity index (χ0) is 109. The Hall–Kier alpha value is -4.62. The average Bonchev–Trinajstić information content (AvgIpc) is 1.49. The Balaban J connectivity index is 0.000000153. The van der Waals surface area contributed by atoms with Crippen molar-refractivity contribution in [2.45, 2.75) is 442 Å². The Kier molecular flexibility index (Phi) is 37.8. The van der Waals surface area contributed by atoms with Crippen molar-refractivity contribution in [3.05, 3.63) is 0 Å². The fraction of sp³-hybridized carbons (Fsp3) is 0.938. The molecule has 0 aromatic rings. The number of aliphatic hydroxyl groups is 3. The van der Waals surface area contributed by atoms with Gasteiger partial charge in [-0.2, -0.15) is 52.3 Å². The number of carbonyl (C=O) groups excluding carboxylic acids is 7. The number of hydrogen-bond acceptors (Lipinski definition) is 24. The lowest BCUT2D eigenvalue weighted by molar-refractivity contribution is -0.316. The van der Waals surface area contributed by atoms with Crippen molar-refractivity contribution in [2.75, 3.05) is 59.5 Å². The van der Waals surface area contributed by atoms with Crippen molar-refractivity contribution in [1.29, 1.82) is 0 Å². The minimum absolute atomic E-state index is 0.00835. The molecule has 18 atom stereocenters. The molecule has 18 unspecified atom stereocenters. The number of aliphatic hydroxyl groups excluding tert-OH is 2. The molecule has 2 saturated heterocycles. The molecule has 147 heavy (non-hydrogen) atoms. The number of ether oxygens (including phenoxy) is 11. The van der Waals surface area contributed by atoms with Crippen LogP contribution in [0.4, 0.5) is 43.9 Å². The molecule has 35 heteroatoms. The van der Waals surface area contributed by atoms with Crippen LogP contribution in [-0.2, 0) is 100.0 Å². The first-order valence-corrected chi connectivity index (χ1v) is 56.8. The lowest BCUT2D eigenvalue weighted by atomic mass is 9.48. The van der Waals surface area contributed by atoms with E-state index in [0.717, 1.165) is 205 Å². The van der Waals surface area contributed by atoms with Crippen LogP contribution in [0.2, 0.25) is 0 Å². The number of halogens is 10. The molecular weight excluding hydrogens is 1950 g/mol. The maximum Gasteiger partial charge on any atom is 0.360 e. The third-order valence-corrected chi connectivity index (χ3v) is 37.6. The molecule has 2 heterocycles. The minimum atomic E-state index is -3.39. The number of Topliss-reactive ketones (excluding diaryl/α,β-unsaturated/α-hetero) is 1. The highest BCUT2D eigenvalue weighted by atomic mass is 32.2. The van der Waals surface area contributed by atoms with E-state index in [9.17, 15) is 101 Å². The molecule has 0 radical (unpaired) electrons. The van der Waals surface area contributed by atoms with Crippen molar-refractivity contribution < 1.29 is 157 Å². The summed E-state index contributed by atoms with van der Waals surface area (Å²) in [5, 5.41) is 30.1. The van der Waals surface area contributed by atoms with Crippen LogP contribution in [0.25, 0.3) is 0 Å². The molecule has 16 bridgehead atoms. The molecule has 21 fully saturated rings. The van der Waals surface area contributed by atoms with Crippen LogP contribution in [-0.4, -0.2) is 197 Å². The molecule has 2 aliphatic heterocycles. The van der Waals surface area contributed by atoms with Crippen LogP contribution in [0.15, 0.2) is 0 Å². The lowest BCUT2D eigenvalue weighted by Crippen LogP contribution is -2.57. The monoisotopic (exact) mass is 2130 g/mol. The summed E-state index contributed by atoms with van der Waals surface area (Å²) in [4.78, 5) is 83.7. The second kappa shape index (κ2) is 45.9. The van der Waals surface area contributed by atoms with Crippen LogP contribution in [0.5, 0.6) is 0 Å². The summed E-state index contributed by atoms with van der Waals surface area (Å²) in [6, 6.07) is 0. The molecule has 21 aliphatic rings. The van der Waals surface area contributed by atoms with E-state index in [-0.39, 0.29) is 163 Å². The highest BCUT2D eigenvalue weighted by molar-refractivity contribution is 7.87. The molecule has 3 N–H and O–H groups in total. The van der Waals surface area contributed by atoms with Gasteiger partial charge in [0.15, 0.2) is 6.10 Å². The fourth-order valence-electron chi connectivity index (χ4n) is 27.6. The van der Waals surface area contributed by atoms with E-state index in [0.29, 0.717) is 78.5 Å². The van der Waals surface area contributed by atoms with Gasteiger partial charge in [-0.3, -0.25) is 37.7 Å². The molecule has 19 aliphatic carbocycles. The van der Waals surface area contributed by atoms with Gasteiger partial charge in [-0.1, -0.05) is 162 Å². The number of alkyl halides is 10. The maximum atomic E-state index is 14.2. The van der Waals surface area contributed by atoms with Crippen LogP contribution in [0.3, 0.4) is 0 Å². The number of hydrogen-bond donors (Lipinski definition) is 3. The maximum absolute atomic E-state index is 14.2. The Bertz CT molecular complexity index is 4510. The smallest absolute Gasteiger partial charge is 0.360 e. The van der Waals surface area contributed by atoms with Gasteiger partial charge in [-0.15, -0.1) is 0 Å². The first-order valence-electron chi connectivity index (χ1n) is 55.3. The van der Waals surface area contributed by atoms with E-state index in [1.54, 1.807) is 0 Å². The predicted octanol–water partition coefficient (Wildman–Crippen LogP) is 23.3. The summed E-state index contributed by atoms with van der Waals surface area (Å²) in [6.07, 6.45) is 13.4. The van der Waals surface area contributed by atoms with Gasteiger partial charge < -0.3 is 67.4 Å². The van der Waals surface area contributed by atoms with E-state index in [2.05, 4.69) is 4.74 Å². The molecule has 0 aromatic heterocycles. The van der Waals surface area contributed by atoms with Crippen molar-refractivity contribution in [3.63, 3.8) is 0 Å². The fourth-order valence-corrected chi connectivity index (χ4v) is 29.5. The second-order valence-electron chi connectivity index (χ2n) is 55.6. The van der Waals surface area contributed by atoms with Gasteiger partial charge in [-0.25, -0.2) is 0 Å². The summed E-state index contributed by atoms with van der Waals surface area (Å²) in [6.45, 7) is 32.0. The van der Waals surface area contributed by atoms with E-state index in [1.165, 1.54) is 110 Å². The van der Waals surface area contributed by atoms with Crippen LogP contribution < -0.4 is 0 Å². The van der Waals surface area contributed by atoms with Crippen molar-refractivity contribution >= 4 is 51.7 Å². The standard InChI is InChI=1S/C22H36F2O5.2C16H26F2O2.C16H24F2O2.C15H26F2O4.C14H20O4.C13H20O5S/c1-21(2,3)22(23,24)28-15-18(29-20(26)17-12-8-5-9-13-17)14-27-19(25)16-10-6-4-7-11-16;1-13(2,3)16(17,18)20-10-14-5-11-4-12(6-14)8-15(19,7-11)9-14;2*1-14(2,3)16(17,18)20-9-15-6-10-4-11(7-15)13(19)12(5-10)8-15;1-14(2,3)15(16,17)21-10-12(18)9-20-13(19)11-7-5-4-6-8-11;1-14(2,3)13(16)17-6-10-7-4-8-9(5-7)12(15)18-11(8)10;1-13(2,3)12(14)17-6-9-7-4-8-10(5-7)19(15,16)18-11(8)9/h16-18H,4-15H2,1-3H3;11-12,19H,4-10H2,1-3H3;10-13,19H,4-9H2,1-3H3;10-12H,4-9H2,1-3H3;11-12,18H,4-10H2,1-3H3;7-11H,4-6H2,1-3H3;7-11H,4-6H2,1-3H3. The molecule has 0 spiro atoms. The molecule has 24 nitrogen and oxygen atoms in total. The number of rotatable bonds is 27. The van der Waals surface area contributed by atoms with E-state index < -0.39 is 116 Å². The Labute approximate surface area is 867 Å². The summed E-state index contributed by atoms with van der Waals surface area (Å²) >= 11 is 0. The average molecular weight is 2130 g/mol. The Morgan fingerprint density at radius 3 is 1.20 bits per heavy atom. The summed E-state index contributed by atoms with van der Waals surface area (Å²) in [5.74, 6) is 3.13. The van der Waals surface area contributed by atoms with Crippen molar-refractivity contribution in [1.82, 2.24) is 0 Å². The molecule has 21 rings (SSSR count). The van der Waals surface area contributed by atoms with Gasteiger partial charge in [0.1, 0.15) is 31.2 Å².